The van der Waals surface area contributed by atoms with E-state index in [1.807, 2.05) is 16.2 Å². The van der Waals surface area contributed by atoms with Crippen molar-refractivity contribution in [2.75, 3.05) is 18.8 Å². The Morgan fingerprint density at radius 1 is 1.24 bits per heavy atom. The van der Waals surface area contributed by atoms with Gasteiger partial charge >= 0.3 is 0 Å². The minimum atomic E-state index is 0.249. The summed E-state index contributed by atoms with van der Waals surface area (Å²) in [6.07, 6.45) is 7.71. The Labute approximate surface area is 157 Å². The Kier molecular flexibility index (Phi) is 5.00. The van der Waals surface area contributed by atoms with E-state index in [0.29, 0.717) is 17.6 Å². The summed E-state index contributed by atoms with van der Waals surface area (Å²) in [7, 11) is 0. The lowest BCUT2D eigenvalue weighted by molar-refractivity contribution is -0.130. The lowest BCUT2D eigenvalue weighted by Gasteiger charge is -2.35. The van der Waals surface area contributed by atoms with Crippen molar-refractivity contribution >= 4 is 39.2 Å². The molecule has 4 nitrogen and oxygen atoms in total. The van der Waals surface area contributed by atoms with Crippen LogP contribution >= 0.6 is 23.1 Å². The van der Waals surface area contributed by atoms with Crippen molar-refractivity contribution in [2.45, 2.75) is 51.0 Å². The Hall–Kier alpha value is -1.14. The van der Waals surface area contributed by atoms with E-state index in [1.54, 1.807) is 18.1 Å². The zero-order valence-electron chi connectivity index (χ0n) is 15.0. The maximum Gasteiger partial charge on any atom is 0.233 e. The summed E-state index contributed by atoms with van der Waals surface area (Å²) in [5.74, 6) is 1.94. The number of hydrogen-bond acceptors (Lipinski definition) is 5. The first-order valence-corrected chi connectivity index (χ1v) is 11.1. The second-order valence-electron chi connectivity index (χ2n) is 7.60. The van der Waals surface area contributed by atoms with Crippen molar-refractivity contribution in [1.82, 2.24) is 14.9 Å². The molecule has 1 saturated heterocycles. The molecule has 4 rings (SSSR count). The first kappa shape index (κ1) is 17.3. The highest BCUT2D eigenvalue weighted by Crippen LogP contribution is 2.39. The number of fused-ring (bicyclic) bond motifs is 3. The highest BCUT2D eigenvalue weighted by molar-refractivity contribution is 8.00. The van der Waals surface area contributed by atoms with Crippen molar-refractivity contribution in [3.8, 4) is 0 Å². The van der Waals surface area contributed by atoms with Gasteiger partial charge in [0.15, 0.2) is 0 Å². The fraction of sp³-hybridized carbons (Fsp3) is 0.632. The highest BCUT2D eigenvalue weighted by atomic mass is 32.2. The molecule has 0 aromatic carbocycles. The number of piperidine rings is 1. The number of aryl methyl sites for hydroxylation is 2. The monoisotopic (exact) mass is 375 g/mol. The third-order valence-corrected chi connectivity index (χ3v) is 7.44. The van der Waals surface area contributed by atoms with Gasteiger partial charge in [0.2, 0.25) is 5.91 Å². The molecule has 0 saturated carbocycles. The molecule has 2 aromatic rings. The molecule has 3 heterocycles. The summed E-state index contributed by atoms with van der Waals surface area (Å²) >= 11 is 3.41. The summed E-state index contributed by atoms with van der Waals surface area (Å²) in [5, 5.41) is 2.22. The van der Waals surface area contributed by atoms with Crippen LogP contribution in [0.5, 0.6) is 0 Å². The third kappa shape index (κ3) is 3.56. The van der Waals surface area contributed by atoms with Gasteiger partial charge < -0.3 is 4.90 Å². The van der Waals surface area contributed by atoms with Crippen LogP contribution in [0.4, 0.5) is 0 Å². The molecule has 1 aliphatic heterocycles. The lowest BCUT2D eigenvalue weighted by atomic mass is 9.92. The van der Waals surface area contributed by atoms with Crippen LogP contribution in [-0.4, -0.2) is 39.6 Å². The van der Waals surface area contributed by atoms with Gasteiger partial charge in [0, 0.05) is 23.4 Å². The van der Waals surface area contributed by atoms with Crippen molar-refractivity contribution in [2.24, 2.45) is 11.8 Å². The number of rotatable bonds is 3. The number of nitrogens with zero attached hydrogens (tertiary/aromatic N) is 3. The molecule has 0 N–H and O–H groups in total. The van der Waals surface area contributed by atoms with E-state index >= 15 is 0 Å². The van der Waals surface area contributed by atoms with Gasteiger partial charge in [0.05, 0.1) is 5.75 Å². The SMILES string of the molecule is C[C@H]1C[C@H](C)CN(C(=O)CSc2ncnc3sc4c(c23)CCCC4)C1. The number of carbonyl (C=O) groups is 1. The molecule has 0 spiro atoms. The standard InChI is InChI=1S/C19H25N3OS2/c1-12-7-13(2)9-22(8-12)16(23)10-24-18-17-14-5-3-4-6-15(14)25-19(17)21-11-20-18/h11-13H,3-10H2,1-2H3/t12-,13-/m0/s1. The van der Waals surface area contributed by atoms with E-state index < -0.39 is 0 Å². The van der Waals surface area contributed by atoms with Crippen molar-refractivity contribution < 1.29 is 4.79 Å². The van der Waals surface area contributed by atoms with Crippen LogP contribution in [0.3, 0.4) is 0 Å². The minimum Gasteiger partial charge on any atom is -0.341 e. The molecule has 0 unspecified atom stereocenters. The average molecular weight is 376 g/mol. The normalized spacial score (nSPS) is 23.7. The van der Waals surface area contributed by atoms with Crippen LogP contribution < -0.4 is 0 Å². The predicted octanol–water partition coefficient (Wildman–Crippen LogP) is 4.17. The zero-order chi connectivity index (χ0) is 17.4. The van der Waals surface area contributed by atoms with Crippen molar-refractivity contribution in [3.05, 3.63) is 16.8 Å². The number of thiophene rings is 1. The number of carbonyl (C=O) groups excluding carboxylic acids is 1. The second kappa shape index (κ2) is 7.23. The lowest BCUT2D eigenvalue weighted by Crippen LogP contribution is -2.43. The summed E-state index contributed by atoms with van der Waals surface area (Å²) in [6, 6.07) is 0. The van der Waals surface area contributed by atoms with Crippen LogP contribution in [-0.2, 0) is 17.6 Å². The number of aromatic nitrogens is 2. The summed E-state index contributed by atoms with van der Waals surface area (Å²) in [5.41, 5.74) is 1.45. The molecule has 2 atom stereocenters. The molecule has 1 fully saturated rings. The minimum absolute atomic E-state index is 0.249. The van der Waals surface area contributed by atoms with Gasteiger partial charge in [0.1, 0.15) is 16.2 Å². The molecule has 0 radical (unpaired) electrons. The van der Waals surface area contributed by atoms with E-state index in [4.69, 9.17) is 0 Å². The van der Waals surface area contributed by atoms with Crippen molar-refractivity contribution in [3.63, 3.8) is 0 Å². The van der Waals surface area contributed by atoms with Crippen LogP contribution in [0.2, 0.25) is 0 Å². The molecule has 25 heavy (non-hydrogen) atoms. The Bertz CT molecular complexity index is 778. The second-order valence-corrected chi connectivity index (χ2v) is 9.65. The van der Waals surface area contributed by atoms with Crippen LogP contribution in [0.15, 0.2) is 11.4 Å². The Morgan fingerprint density at radius 2 is 2.00 bits per heavy atom. The molecular weight excluding hydrogens is 350 g/mol. The molecular formula is C19H25N3OS2. The molecule has 134 valence electrons. The summed E-state index contributed by atoms with van der Waals surface area (Å²) in [6.45, 7) is 6.29. The van der Waals surface area contributed by atoms with Gasteiger partial charge in [-0.25, -0.2) is 9.97 Å². The smallest absolute Gasteiger partial charge is 0.233 e. The van der Waals surface area contributed by atoms with Crippen LogP contribution in [0.25, 0.3) is 10.2 Å². The number of thioether (sulfide) groups is 1. The summed E-state index contributed by atoms with van der Waals surface area (Å²) < 4.78 is 0. The first-order chi connectivity index (χ1) is 12.1. The van der Waals surface area contributed by atoms with E-state index in [0.717, 1.165) is 29.4 Å². The molecule has 0 bridgehead atoms. The van der Waals surface area contributed by atoms with E-state index in [9.17, 15) is 4.79 Å². The van der Waals surface area contributed by atoms with Gasteiger partial charge in [-0.2, -0.15) is 0 Å². The predicted molar refractivity (Wildman–Crippen MR) is 104 cm³/mol. The number of amides is 1. The number of hydrogen-bond donors (Lipinski definition) is 0. The van der Waals surface area contributed by atoms with E-state index in [1.165, 1.54) is 41.5 Å². The van der Waals surface area contributed by atoms with Gasteiger partial charge in [-0.3, -0.25) is 4.79 Å². The zero-order valence-corrected chi connectivity index (χ0v) is 16.6. The molecule has 1 aliphatic carbocycles. The van der Waals surface area contributed by atoms with Gasteiger partial charge in [0.25, 0.3) is 0 Å². The molecule has 2 aromatic heterocycles. The highest BCUT2D eigenvalue weighted by Gasteiger charge is 2.26. The van der Waals surface area contributed by atoms with Gasteiger partial charge in [-0.05, 0) is 49.5 Å². The average Bonchev–Trinajstić information content (AvgIpc) is 2.98. The topological polar surface area (TPSA) is 46.1 Å². The van der Waals surface area contributed by atoms with Crippen molar-refractivity contribution in [1.29, 1.82) is 0 Å². The van der Waals surface area contributed by atoms with Crippen LogP contribution in [0, 0.1) is 11.8 Å². The first-order valence-electron chi connectivity index (χ1n) is 9.27. The fourth-order valence-corrected chi connectivity index (χ4v) is 6.48. The van der Waals surface area contributed by atoms with E-state index in [-0.39, 0.29) is 5.91 Å². The molecule has 1 amide bonds. The molecule has 6 heteroatoms. The van der Waals surface area contributed by atoms with Gasteiger partial charge in [-0.15, -0.1) is 11.3 Å². The summed E-state index contributed by atoms with van der Waals surface area (Å²) in [4.78, 5) is 26.3. The maximum atomic E-state index is 12.7. The van der Waals surface area contributed by atoms with E-state index in [2.05, 4.69) is 23.8 Å². The fourth-order valence-electron chi connectivity index (χ4n) is 4.26. The largest absolute Gasteiger partial charge is 0.341 e. The number of likely N-dealkylation sites (tertiary alicyclic amines) is 1. The Morgan fingerprint density at radius 3 is 2.80 bits per heavy atom. The van der Waals surface area contributed by atoms with Crippen LogP contribution in [0.1, 0.15) is 43.6 Å². The maximum absolute atomic E-state index is 12.7. The van der Waals surface area contributed by atoms with Gasteiger partial charge in [-0.1, -0.05) is 25.6 Å². The Balaban J connectivity index is 1.51. The third-order valence-electron chi connectivity index (χ3n) is 5.27. The molecule has 2 aliphatic rings. The quantitative estimate of drug-likeness (QED) is 0.597.